The fourth-order valence-electron chi connectivity index (χ4n) is 5.17. The molecular weight excluding hydrogens is 568 g/mol. The molecule has 0 aliphatic carbocycles. The number of benzene rings is 3. The predicted octanol–water partition coefficient (Wildman–Crippen LogP) is 4.76. The molecule has 0 saturated carbocycles. The molecule has 0 spiro atoms. The first-order valence-corrected chi connectivity index (χ1v) is 14.6. The summed E-state index contributed by atoms with van der Waals surface area (Å²) in [6.07, 6.45) is 0. The molecule has 224 valence electrons. The average molecular weight is 603 g/mol. The van der Waals surface area contributed by atoms with Gasteiger partial charge in [0.25, 0.3) is 11.6 Å². The first kappa shape index (κ1) is 29.9. The molecule has 12 nitrogen and oxygen atoms in total. The second-order valence-electron chi connectivity index (χ2n) is 10.3. The van der Waals surface area contributed by atoms with Gasteiger partial charge in [0.15, 0.2) is 5.11 Å². The number of carbonyl (C=O) groups is 1. The number of amides is 1. The molecule has 43 heavy (non-hydrogen) atoms. The molecule has 0 radical (unpaired) electrons. The zero-order chi connectivity index (χ0) is 30.7. The summed E-state index contributed by atoms with van der Waals surface area (Å²) in [5.41, 5.74) is 6.43. The maximum Gasteiger partial charge on any atom is 0.293 e. The van der Waals surface area contributed by atoms with E-state index in [0.717, 1.165) is 41.1 Å². The number of nitro benzene ring substituents is 1. The molecule has 13 heteroatoms. The number of nitrogens with zero attached hydrogens (tertiary/aromatic N) is 6. The Morgan fingerprint density at radius 2 is 1.67 bits per heavy atom. The van der Waals surface area contributed by atoms with Crippen LogP contribution in [0.15, 0.2) is 48.5 Å². The van der Waals surface area contributed by atoms with Crippen molar-refractivity contribution in [3.05, 3.63) is 75.3 Å². The van der Waals surface area contributed by atoms with Crippen molar-refractivity contribution in [3.8, 4) is 5.69 Å². The minimum absolute atomic E-state index is 0.0580. The van der Waals surface area contributed by atoms with Gasteiger partial charge in [-0.3, -0.25) is 20.2 Å². The third-order valence-corrected chi connectivity index (χ3v) is 7.72. The molecule has 0 bridgehead atoms. The first-order valence-electron chi connectivity index (χ1n) is 14.2. The Balaban J connectivity index is 1.31. The van der Waals surface area contributed by atoms with E-state index in [2.05, 4.69) is 46.6 Å². The SMILES string of the molecule is CCN(CC)c1ccc(-n2nc3cc(C)c(NC(=S)NC(=O)c4ccc(N5CCOCC5)c([N+](=O)[O-])c4)cc3n2)c(C)c1. The summed E-state index contributed by atoms with van der Waals surface area (Å²) >= 11 is 5.41. The minimum Gasteiger partial charge on any atom is -0.378 e. The van der Waals surface area contributed by atoms with Crippen molar-refractivity contribution in [2.24, 2.45) is 0 Å². The molecular formula is C30H34N8O4S. The van der Waals surface area contributed by atoms with Crippen molar-refractivity contribution in [1.82, 2.24) is 20.3 Å². The first-order chi connectivity index (χ1) is 20.7. The molecule has 2 heterocycles. The highest BCUT2D eigenvalue weighted by molar-refractivity contribution is 7.80. The number of thiocarbonyl (C=S) groups is 1. The van der Waals surface area contributed by atoms with Crippen LogP contribution in [0, 0.1) is 24.0 Å². The Morgan fingerprint density at radius 1 is 1.00 bits per heavy atom. The molecule has 2 N–H and O–H groups in total. The summed E-state index contributed by atoms with van der Waals surface area (Å²) in [6, 6.07) is 14.4. The summed E-state index contributed by atoms with van der Waals surface area (Å²) < 4.78 is 5.35. The third kappa shape index (κ3) is 6.42. The van der Waals surface area contributed by atoms with Gasteiger partial charge in [0.2, 0.25) is 0 Å². The van der Waals surface area contributed by atoms with Crippen LogP contribution in [0.1, 0.15) is 35.3 Å². The summed E-state index contributed by atoms with van der Waals surface area (Å²) in [6.45, 7) is 12.1. The molecule has 1 aromatic heterocycles. The molecule has 1 fully saturated rings. The van der Waals surface area contributed by atoms with Crippen LogP contribution in [-0.4, -0.2) is 70.3 Å². The van der Waals surface area contributed by atoms with Gasteiger partial charge in [-0.2, -0.15) is 4.80 Å². The monoisotopic (exact) mass is 602 g/mol. The smallest absolute Gasteiger partial charge is 0.293 e. The Morgan fingerprint density at radius 3 is 2.33 bits per heavy atom. The minimum atomic E-state index is -0.553. The number of fused-ring (bicyclic) bond motifs is 1. The number of ether oxygens (including phenoxy) is 1. The van der Waals surface area contributed by atoms with Crippen LogP contribution in [0.4, 0.5) is 22.7 Å². The molecule has 1 amide bonds. The van der Waals surface area contributed by atoms with E-state index in [1.54, 1.807) is 16.9 Å². The number of hydrogen-bond acceptors (Lipinski definition) is 9. The van der Waals surface area contributed by atoms with Gasteiger partial charge in [0, 0.05) is 49.2 Å². The molecule has 0 atom stereocenters. The number of nitro groups is 1. The lowest BCUT2D eigenvalue weighted by Crippen LogP contribution is -2.37. The van der Waals surface area contributed by atoms with Crippen LogP contribution in [0.25, 0.3) is 16.7 Å². The van der Waals surface area contributed by atoms with E-state index in [-0.39, 0.29) is 16.4 Å². The van der Waals surface area contributed by atoms with E-state index in [1.807, 2.05) is 36.9 Å². The number of aromatic nitrogens is 3. The van der Waals surface area contributed by atoms with Crippen LogP contribution in [0.2, 0.25) is 0 Å². The van der Waals surface area contributed by atoms with E-state index in [1.165, 1.54) is 6.07 Å². The Labute approximate surface area is 254 Å². The standard InChI is InChI=1S/C30H34N8O4S/c1-5-35(6-2)22-8-10-26(20(4)15-22)37-33-24-16-19(3)23(18-25(24)34-37)31-30(43)32-29(39)21-7-9-27(28(17-21)38(40)41)36-11-13-42-14-12-36/h7-10,15-18H,5-6,11-14H2,1-4H3,(H2,31,32,39,43). The van der Waals surface area contributed by atoms with Crippen LogP contribution in [-0.2, 0) is 4.74 Å². The topological polar surface area (TPSA) is 131 Å². The van der Waals surface area contributed by atoms with Crippen molar-refractivity contribution in [3.63, 3.8) is 0 Å². The van der Waals surface area contributed by atoms with Crippen molar-refractivity contribution in [2.75, 3.05) is 54.5 Å². The zero-order valence-corrected chi connectivity index (χ0v) is 25.4. The third-order valence-electron chi connectivity index (χ3n) is 7.51. The quantitative estimate of drug-likeness (QED) is 0.165. The summed E-state index contributed by atoms with van der Waals surface area (Å²) in [5, 5.41) is 26.9. The fourth-order valence-corrected chi connectivity index (χ4v) is 5.37. The Kier molecular flexibility index (Phi) is 8.83. The number of hydrogen-bond donors (Lipinski definition) is 2. The van der Waals surface area contributed by atoms with Crippen LogP contribution >= 0.6 is 12.2 Å². The Hall–Kier alpha value is -4.62. The number of aryl methyl sites for hydroxylation is 2. The van der Waals surface area contributed by atoms with E-state index in [9.17, 15) is 14.9 Å². The Bertz CT molecular complexity index is 1700. The average Bonchev–Trinajstić information content (AvgIpc) is 3.40. The van der Waals surface area contributed by atoms with Crippen LogP contribution in [0.5, 0.6) is 0 Å². The number of carbonyl (C=O) groups excluding carboxylic acids is 1. The van der Waals surface area contributed by atoms with Crippen LogP contribution < -0.4 is 20.4 Å². The van der Waals surface area contributed by atoms with Crippen molar-refractivity contribution < 1.29 is 14.5 Å². The summed E-state index contributed by atoms with van der Waals surface area (Å²) in [5.74, 6) is -0.553. The van der Waals surface area contributed by atoms with Crippen molar-refractivity contribution in [1.29, 1.82) is 0 Å². The number of morpholine rings is 1. The lowest BCUT2D eigenvalue weighted by molar-refractivity contribution is -0.384. The van der Waals surface area contributed by atoms with E-state index in [0.29, 0.717) is 43.2 Å². The summed E-state index contributed by atoms with van der Waals surface area (Å²) in [4.78, 5) is 30.1. The second-order valence-corrected chi connectivity index (χ2v) is 10.7. The molecule has 4 aromatic rings. The molecule has 5 rings (SSSR count). The number of nitrogens with one attached hydrogen (secondary N) is 2. The number of rotatable bonds is 8. The van der Waals surface area contributed by atoms with Gasteiger partial charge >= 0.3 is 0 Å². The van der Waals surface area contributed by atoms with E-state index < -0.39 is 10.8 Å². The van der Waals surface area contributed by atoms with Gasteiger partial charge < -0.3 is 19.9 Å². The van der Waals surface area contributed by atoms with Gasteiger partial charge in [0.1, 0.15) is 16.7 Å². The van der Waals surface area contributed by atoms with Crippen molar-refractivity contribution >= 4 is 57.0 Å². The lowest BCUT2D eigenvalue weighted by atomic mass is 10.1. The van der Waals surface area contributed by atoms with Gasteiger partial charge in [-0.05, 0) is 93.5 Å². The number of anilines is 3. The molecule has 1 saturated heterocycles. The van der Waals surface area contributed by atoms with Gasteiger partial charge in [-0.25, -0.2) is 0 Å². The fraction of sp³-hybridized carbons (Fsp3) is 0.333. The maximum absolute atomic E-state index is 13.0. The van der Waals surface area contributed by atoms with E-state index in [4.69, 9.17) is 22.1 Å². The highest BCUT2D eigenvalue weighted by Gasteiger charge is 2.24. The zero-order valence-electron chi connectivity index (χ0n) is 24.6. The normalized spacial score (nSPS) is 13.2. The molecule has 3 aromatic carbocycles. The second kappa shape index (κ2) is 12.7. The van der Waals surface area contributed by atoms with Crippen molar-refractivity contribution in [2.45, 2.75) is 27.7 Å². The molecule has 1 aliphatic heterocycles. The highest BCUT2D eigenvalue weighted by atomic mass is 32.1. The largest absolute Gasteiger partial charge is 0.378 e. The van der Waals surface area contributed by atoms with Gasteiger partial charge in [0.05, 0.1) is 23.8 Å². The lowest BCUT2D eigenvalue weighted by Gasteiger charge is -2.28. The van der Waals surface area contributed by atoms with Gasteiger partial charge in [-0.15, -0.1) is 10.2 Å². The van der Waals surface area contributed by atoms with E-state index >= 15 is 0 Å². The van der Waals surface area contributed by atoms with Gasteiger partial charge in [-0.1, -0.05) is 0 Å². The predicted molar refractivity (Wildman–Crippen MR) is 172 cm³/mol. The summed E-state index contributed by atoms with van der Waals surface area (Å²) in [7, 11) is 0. The maximum atomic E-state index is 13.0. The molecule has 1 aliphatic rings. The molecule has 0 unspecified atom stereocenters. The highest BCUT2D eigenvalue weighted by Crippen LogP contribution is 2.30. The van der Waals surface area contributed by atoms with Crippen LogP contribution in [0.3, 0.4) is 0 Å².